The molecule has 1 N–H and O–H groups in total. The maximum atomic E-state index is 11.7. The number of alkyl halides is 5. The van der Waals surface area contributed by atoms with E-state index in [4.69, 9.17) is 5.11 Å². The summed E-state index contributed by atoms with van der Waals surface area (Å²) in [4.78, 5) is 0. The van der Waals surface area contributed by atoms with E-state index in [2.05, 4.69) is 25.4 Å². The van der Waals surface area contributed by atoms with Crippen LogP contribution in [0.5, 0.6) is 11.5 Å². The van der Waals surface area contributed by atoms with E-state index in [1.54, 1.807) is 36.4 Å². The van der Waals surface area contributed by atoms with E-state index in [1.807, 2.05) is 0 Å². The molecule has 2 aromatic rings. The summed E-state index contributed by atoms with van der Waals surface area (Å²) in [5, 5.41) is 9.45. The molecular formula is C18H19BrF4O3. The zero-order valence-electron chi connectivity index (χ0n) is 13.8. The summed E-state index contributed by atoms with van der Waals surface area (Å²) in [6.45, 7) is -5.49. The molecule has 0 aliphatic heterocycles. The zero-order chi connectivity index (χ0) is 19.4. The lowest BCUT2D eigenvalue weighted by Crippen LogP contribution is -2.01. The van der Waals surface area contributed by atoms with Crippen molar-refractivity contribution in [1.29, 1.82) is 0 Å². The minimum absolute atomic E-state index is 0.0506. The largest absolute Gasteiger partial charge is 0.435 e. The number of aliphatic hydroxyl groups is 1. The van der Waals surface area contributed by atoms with Crippen molar-refractivity contribution in [1.82, 2.24) is 0 Å². The molecule has 2 rings (SSSR count). The van der Waals surface area contributed by atoms with Crippen LogP contribution in [0.4, 0.5) is 17.6 Å². The van der Waals surface area contributed by atoms with Crippen LogP contribution in [0.15, 0.2) is 48.5 Å². The summed E-state index contributed by atoms with van der Waals surface area (Å²) in [6, 6.07) is 12.8. The Kier molecular flexibility index (Phi) is 10.7. The molecule has 0 aliphatic rings. The minimum atomic E-state index is -2.79. The Bertz CT molecular complexity index is 551. The van der Waals surface area contributed by atoms with Gasteiger partial charge in [-0.05, 0) is 48.2 Å². The molecule has 0 aliphatic carbocycles. The Hall–Kier alpha value is -1.80. The molecule has 0 saturated carbocycles. The third kappa shape index (κ3) is 9.62. The molecule has 0 atom stereocenters. The van der Waals surface area contributed by atoms with Gasteiger partial charge in [-0.1, -0.05) is 40.2 Å². The molecule has 0 unspecified atom stereocenters. The molecule has 144 valence electrons. The fraction of sp³-hybridized carbons (Fsp3) is 0.333. The summed E-state index contributed by atoms with van der Waals surface area (Å²) >= 11 is 3.29. The summed E-state index contributed by atoms with van der Waals surface area (Å²) in [5.41, 5.74) is 1.99. The SMILES string of the molecule is FC(F)Oc1ccc(CCBr)cc1.OCCc1ccc(OC(F)F)cc1. The highest BCUT2D eigenvalue weighted by Gasteiger charge is 2.03. The zero-order valence-corrected chi connectivity index (χ0v) is 15.3. The first kappa shape index (κ1) is 22.2. The smallest absolute Gasteiger partial charge is 0.387 e. The first-order chi connectivity index (χ1) is 12.4. The van der Waals surface area contributed by atoms with E-state index >= 15 is 0 Å². The Morgan fingerprint density at radius 2 is 1.12 bits per heavy atom. The predicted octanol–water partition coefficient (Wildman–Crippen LogP) is 5.05. The maximum Gasteiger partial charge on any atom is 0.387 e. The van der Waals surface area contributed by atoms with Gasteiger partial charge >= 0.3 is 13.2 Å². The molecule has 0 radical (unpaired) electrons. The van der Waals surface area contributed by atoms with Crippen molar-refractivity contribution < 1.29 is 32.1 Å². The Morgan fingerprint density at radius 3 is 1.42 bits per heavy atom. The molecule has 0 spiro atoms. The van der Waals surface area contributed by atoms with Gasteiger partial charge in [-0.3, -0.25) is 0 Å². The van der Waals surface area contributed by atoms with Crippen molar-refractivity contribution in [3.63, 3.8) is 0 Å². The van der Waals surface area contributed by atoms with E-state index < -0.39 is 13.2 Å². The van der Waals surface area contributed by atoms with Gasteiger partial charge in [-0.15, -0.1) is 0 Å². The molecule has 3 nitrogen and oxygen atoms in total. The molecule has 26 heavy (non-hydrogen) atoms. The van der Waals surface area contributed by atoms with Crippen molar-refractivity contribution in [2.75, 3.05) is 11.9 Å². The number of benzene rings is 2. The quantitative estimate of drug-likeness (QED) is 0.463. The highest BCUT2D eigenvalue weighted by molar-refractivity contribution is 9.09. The van der Waals surface area contributed by atoms with Crippen LogP contribution in [0, 0.1) is 0 Å². The predicted molar refractivity (Wildman–Crippen MR) is 94.4 cm³/mol. The third-order valence-corrected chi connectivity index (χ3v) is 3.48. The molecular weight excluding hydrogens is 420 g/mol. The van der Waals surface area contributed by atoms with Crippen molar-refractivity contribution in [2.24, 2.45) is 0 Å². The number of aliphatic hydroxyl groups excluding tert-OH is 1. The van der Waals surface area contributed by atoms with Crippen LogP contribution in [0.25, 0.3) is 0 Å². The number of hydrogen-bond donors (Lipinski definition) is 1. The highest BCUT2D eigenvalue weighted by atomic mass is 79.9. The average molecular weight is 439 g/mol. The van der Waals surface area contributed by atoms with Gasteiger partial charge in [-0.25, -0.2) is 0 Å². The summed E-state index contributed by atoms with van der Waals surface area (Å²) in [6.07, 6.45) is 1.41. The number of halogens is 5. The van der Waals surface area contributed by atoms with Gasteiger partial charge in [0, 0.05) is 11.9 Å². The third-order valence-electron chi connectivity index (χ3n) is 3.08. The molecule has 0 saturated heterocycles. The second kappa shape index (κ2) is 12.5. The minimum Gasteiger partial charge on any atom is -0.435 e. The van der Waals surface area contributed by atoms with E-state index in [0.29, 0.717) is 6.42 Å². The van der Waals surface area contributed by atoms with Gasteiger partial charge in [0.05, 0.1) is 0 Å². The second-order valence-corrected chi connectivity index (χ2v) is 5.75. The summed E-state index contributed by atoms with van der Waals surface area (Å²) < 4.78 is 55.2. The lowest BCUT2D eigenvalue weighted by molar-refractivity contribution is -0.0505. The first-order valence-corrected chi connectivity index (χ1v) is 8.81. The van der Waals surface area contributed by atoms with Crippen LogP contribution < -0.4 is 9.47 Å². The number of hydrogen-bond acceptors (Lipinski definition) is 3. The monoisotopic (exact) mass is 438 g/mol. The summed E-state index contributed by atoms with van der Waals surface area (Å²) in [7, 11) is 0. The molecule has 0 bridgehead atoms. The fourth-order valence-electron chi connectivity index (χ4n) is 1.91. The van der Waals surface area contributed by atoms with Crippen molar-refractivity contribution in [3.8, 4) is 11.5 Å². The van der Waals surface area contributed by atoms with E-state index in [-0.39, 0.29) is 18.1 Å². The topological polar surface area (TPSA) is 38.7 Å². The van der Waals surface area contributed by atoms with Crippen molar-refractivity contribution >= 4 is 15.9 Å². The average Bonchev–Trinajstić information content (AvgIpc) is 2.59. The van der Waals surface area contributed by atoms with Gasteiger partial charge in [0.15, 0.2) is 0 Å². The van der Waals surface area contributed by atoms with E-state index in [0.717, 1.165) is 22.9 Å². The second-order valence-electron chi connectivity index (χ2n) is 4.96. The van der Waals surface area contributed by atoms with Crippen LogP contribution in [0.3, 0.4) is 0 Å². The highest BCUT2D eigenvalue weighted by Crippen LogP contribution is 2.16. The van der Waals surface area contributed by atoms with E-state index in [9.17, 15) is 17.6 Å². The first-order valence-electron chi connectivity index (χ1n) is 7.69. The van der Waals surface area contributed by atoms with Crippen LogP contribution in [-0.2, 0) is 12.8 Å². The van der Waals surface area contributed by atoms with Crippen LogP contribution in [-0.4, -0.2) is 30.3 Å². The molecule has 0 aromatic heterocycles. The molecule has 8 heteroatoms. The van der Waals surface area contributed by atoms with Crippen LogP contribution in [0.1, 0.15) is 11.1 Å². The van der Waals surface area contributed by atoms with Gasteiger partial charge < -0.3 is 14.6 Å². The van der Waals surface area contributed by atoms with Gasteiger partial charge in [0.1, 0.15) is 11.5 Å². The molecule has 0 fully saturated rings. The Balaban J connectivity index is 0.000000260. The Morgan fingerprint density at radius 1 is 0.731 bits per heavy atom. The van der Waals surface area contributed by atoms with Crippen molar-refractivity contribution in [2.45, 2.75) is 26.1 Å². The Labute approximate surface area is 157 Å². The maximum absolute atomic E-state index is 11.7. The van der Waals surface area contributed by atoms with Crippen LogP contribution >= 0.6 is 15.9 Å². The fourth-order valence-corrected chi connectivity index (χ4v) is 2.37. The normalized spacial score (nSPS) is 10.5. The van der Waals surface area contributed by atoms with E-state index in [1.165, 1.54) is 12.1 Å². The number of ether oxygens (including phenoxy) is 2. The molecule has 2 aromatic carbocycles. The number of aryl methyl sites for hydroxylation is 1. The van der Waals surface area contributed by atoms with Crippen LogP contribution in [0.2, 0.25) is 0 Å². The molecule has 0 heterocycles. The van der Waals surface area contributed by atoms with Gasteiger partial charge in [0.25, 0.3) is 0 Å². The summed E-state index contributed by atoms with van der Waals surface area (Å²) in [5.74, 6) is 0.338. The standard InChI is InChI=1S/C9H9BrF2O.C9H10F2O2/c10-6-5-7-1-3-8(4-2-7)13-9(11)12;10-9(11)13-8-3-1-7(2-4-8)5-6-12/h1-4,9H,5-6H2;1-4,9,12H,5-6H2. The lowest BCUT2D eigenvalue weighted by atomic mass is 10.1. The molecule has 0 amide bonds. The van der Waals surface area contributed by atoms with Crippen molar-refractivity contribution in [3.05, 3.63) is 59.7 Å². The lowest BCUT2D eigenvalue weighted by Gasteiger charge is -2.04. The van der Waals surface area contributed by atoms with Gasteiger partial charge in [-0.2, -0.15) is 17.6 Å². The number of rotatable bonds is 8. The van der Waals surface area contributed by atoms with Gasteiger partial charge in [0.2, 0.25) is 0 Å².